The lowest BCUT2D eigenvalue weighted by Gasteiger charge is -2.10. The van der Waals surface area contributed by atoms with Crippen molar-refractivity contribution in [2.75, 3.05) is 5.75 Å². The van der Waals surface area contributed by atoms with Crippen LogP contribution in [-0.4, -0.2) is 23.0 Å². The summed E-state index contributed by atoms with van der Waals surface area (Å²) < 4.78 is 18.6. The van der Waals surface area contributed by atoms with E-state index in [4.69, 9.17) is 27.9 Å². The SMILES string of the molecule is O=C1CSC(=NN=Cc2c(Cl)cc(Cl)cc2COc2ccc(F)cc2)N1. The van der Waals surface area contributed by atoms with Crippen molar-refractivity contribution in [1.29, 1.82) is 0 Å². The van der Waals surface area contributed by atoms with E-state index in [1.807, 2.05) is 0 Å². The average molecular weight is 412 g/mol. The average Bonchev–Trinajstić information content (AvgIpc) is 3.01. The smallest absolute Gasteiger partial charge is 0.236 e. The molecule has 2 aromatic carbocycles. The van der Waals surface area contributed by atoms with E-state index in [1.165, 1.54) is 42.2 Å². The Bertz CT molecular complexity index is 888. The third-order valence-electron chi connectivity index (χ3n) is 3.31. The second-order valence-electron chi connectivity index (χ2n) is 5.19. The molecule has 1 aliphatic heterocycles. The van der Waals surface area contributed by atoms with Gasteiger partial charge in [-0.25, -0.2) is 4.39 Å². The Morgan fingerprint density at radius 1 is 1.27 bits per heavy atom. The number of nitrogens with one attached hydrogen (secondary N) is 1. The van der Waals surface area contributed by atoms with Gasteiger partial charge in [0.15, 0.2) is 5.17 Å². The molecule has 0 atom stereocenters. The second kappa shape index (κ2) is 8.53. The van der Waals surface area contributed by atoms with Crippen LogP contribution < -0.4 is 10.1 Å². The van der Waals surface area contributed by atoms with Crippen LogP contribution in [0, 0.1) is 5.82 Å². The molecule has 1 aliphatic rings. The fourth-order valence-electron chi connectivity index (χ4n) is 2.11. The molecular weight excluding hydrogens is 400 g/mol. The third-order valence-corrected chi connectivity index (χ3v) is 4.70. The van der Waals surface area contributed by atoms with E-state index in [0.29, 0.717) is 37.8 Å². The lowest BCUT2D eigenvalue weighted by molar-refractivity contribution is -0.116. The number of benzene rings is 2. The molecule has 1 fully saturated rings. The standard InChI is InChI=1S/C17H12Cl2FN3O2S/c18-11-5-10(8-25-13-3-1-12(20)2-4-13)14(15(19)6-11)7-21-23-17-22-16(24)9-26-17/h1-7H,8-9H2,(H,22,23,24). The fraction of sp³-hybridized carbons (Fsp3) is 0.118. The Morgan fingerprint density at radius 2 is 2.04 bits per heavy atom. The normalized spacial score (nSPS) is 15.7. The van der Waals surface area contributed by atoms with Gasteiger partial charge in [0, 0.05) is 16.1 Å². The first-order valence-corrected chi connectivity index (χ1v) is 9.15. The van der Waals surface area contributed by atoms with Gasteiger partial charge in [-0.2, -0.15) is 5.10 Å². The maximum absolute atomic E-state index is 13.0. The van der Waals surface area contributed by atoms with Crippen LogP contribution in [0.2, 0.25) is 10.0 Å². The summed E-state index contributed by atoms with van der Waals surface area (Å²) in [7, 11) is 0. The molecule has 3 rings (SSSR count). The lowest BCUT2D eigenvalue weighted by Crippen LogP contribution is -2.19. The van der Waals surface area contributed by atoms with Crippen LogP contribution in [0.5, 0.6) is 5.75 Å². The van der Waals surface area contributed by atoms with Crippen molar-refractivity contribution in [3.05, 3.63) is 63.4 Å². The topological polar surface area (TPSA) is 63.0 Å². The molecule has 134 valence electrons. The van der Waals surface area contributed by atoms with E-state index in [9.17, 15) is 9.18 Å². The van der Waals surface area contributed by atoms with Crippen molar-refractivity contribution in [1.82, 2.24) is 5.32 Å². The molecule has 0 unspecified atom stereocenters. The van der Waals surface area contributed by atoms with Crippen molar-refractivity contribution in [3.63, 3.8) is 0 Å². The molecule has 5 nitrogen and oxygen atoms in total. The molecule has 0 aromatic heterocycles. The quantitative estimate of drug-likeness (QED) is 0.590. The highest BCUT2D eigenvalue weighted by Gasteiger charge is 2.16. The zero-order valence-corrected chi connectivity index (χ0v) is 15.5. The van der Waals surface area contributed by atoms with Crippen molar-refractivity contribution >= 4 is 52.3 Å². The van der Waals surface area contributed by atoms with Gasteiger partial charge in [-0.05, 0) is 36.4 Å². The molecule has 1 saturated heterocycles. The molecule has 0 spiro atoms. The number of amidine groups is 1. The Labute approximate surface area is 163 Å². The van der Waals surface area contributed by atoms with Crippen LogP contribution in [-0.2, 0) is 11.4 Å². The van der Waals surface area contributed by atoms with Gasteiger partial charge in [-0.1, -0.05) is 35.0 Å². The number of amides is 1. The molecule has 0 saturated carbocycles. The van der Waals surface area contributed by atoms with Gasteiger partial charge in [0.05, 0.1) is 17.0 Å². The van der Waals surface area contributed by atoms with Crippen LogP contribution in [0.25, 0.3) is 0 Å². The van der Waals surface area contributed by atoms with E-state index in [1.54, 1.807) is 12.1 Å². The highest BCUT2D eigenvalue weighted by atomic mass is 35.5. The van der Waals surface area contributed by atoms with Crippen LogP contribution in [0.4, 0.5) is 4.39 Å². The second-order valence-corrected chi connectivity index (χ2v) is 7.00. The summed E-state index contributed by atoms with van der Waals surface area (Å²) in [6.45, 7) is 0.162. The maximum atomic E-state index is 13.0. The molecule has 26 heavy (non-hydrogen) atoms. The minimum Gasteiger partial charge on any atom is -0.489 e. The molecule has 1 N–H and O–H groups in total. The summed E-state index contributed by atoms with van der Waals surface area (Å²) in [5.41, 5.74) is 1.29. The minimum atomic E-state index is -0.341. The van der Waals surface area contributed by atoms with Crippen molar-refractivity contribution in [2.45, 2.75) is 6.61 Å². The summed E-state index contributed by atoms with van der Waals surface area (Å²) in [4.78, 5) is 11.1. The van der Waals surface area contributed by atoms with Crippen molar-refractivity contribution < 1.29 is 13.9 Å². The predicted molar refractivity (Wildman–Crippen MR) is 103 cm³/mol. The fourth-order valence-corrected chi connectivity index (χ4v) is 3.33. The van der Waals surface area contributed by atoms with Gasteiger partial charge in [0.1, 0.15) is 18.2 Å². The van der Waals surface area contributed by atoms with Gasteiger partial charge in [-0.3, -0.25) is 4.79 Å². The predicted octanol–water partition coefficient (Wildman–Crippen LogP) is 4.26. The third kappa shape index (κ3) is 4.97. The van der Waals surface area contributed by atoms with Crippen LogP contribution in [0.3, 0.4) is 0 Å². The highest BCUT2D eigenvalue weighted by Crippen LogP contribution is 2.26. The van der Waals surface area contributed by atoms with Gasteiger partial charge in [0.25, 0.3) is 0 Å². The Kier molecular flexibility index (Phi) is 6.13. The number of hydrogen-bond donors (Lipinski definition) is 1. The number of carbonyl (C=O) groups excluding carboxylic acids is 1. The summed E-state index contributed by atoms with van der Waals surface area (Å²) in [6.07, 6.45) is 1.47. The van der Waals surface area contributed by atoms with Crippen LogP contribution in [0.1, 0.15) is 11.1 Å². The molecule has 1 heterocycles. The summed E-state index contributed by atoms with van der Waals surface area (Å²) in [5, 5.41) is 11.8. The Morgan fingerprint density at radius 3 is 2.73 bits per heavy atom. The summed E-state index contributed by atoms with van der Waals surface area (Å²) in [5.74, 6) is 0.386. The highest BCUT2D eigenvalue weighted by molar-refractivity contribution is 8.15. The number of ether oxygens (including phenoxy) is 1. The maximum Gasteiger partial charge on any atom is 0.236 e. The van der Waals surface area contributed by atoms with E-state index in [-0.39, 0.29) is 18.3 Å². The molecule has 9 heteroatoms. The molecule has 1 amide bonds. The summed E-state index contributed by atoms with van der Waals surface area (Å²) >= 11 is 13.6. The molecule has 0 aliphatic carbocycles. The zero-order chi connectivity index (χ0) is 18.5. The number of nitrogens with zero attached hydrogens (tertiary/aromatic N) is 2. The molecule has 0 radical (unpaired) electrons. The first kappa shape index (κ1) is 18.7. The van der Waals surface area contributed by atoms with Crippen LogP contribution in [0.15, 0.2) is 46.6 Å². The largest absolute Gasteiger partial charge is 0.489 e. The van der Waals surface area contributed by atoms with Crippen molar-refractivity contribution in [2.24, 2.45) is 10.2 Å². The van der Waals surface area contributed by atoms with E-state index in [0.717, 1.165) is 0 Å². The van der Waals surface area contributed by atoms with E-state index in [2.05, 4.69) is 15.5 Å². The Balaban J connectivity index is 1.78. The number of halogens is 3. The zero-order valence-electron chi connectivity index (χ0n) is 13.2. The van der Waals surface area contributed by atoms with Gasteiger partial charge in [0.2, 0.25) is 5.91 Å². The number of hydrogen-bond acceptors (Lipinski definition) is 5. The lowest BCUT2D eigenvalue weighted by atomic mass is 10.1. The molecular formula is C17H12Cl2FN3O2S. The van der Waals surface area contributed by atoms with Gasteiger partial charge < -0.3 is 10.1 Å². The minimum absolute atomic E-state index is 0.109. The van der Waals surface area contributed by atoms with E-state index < -0.39 is 0 Å². The Hall–Kier alpha value is -2.09. The van der Waals surface area contributed by atoms with Crippen molar-refractivity contribution in [3.8, 4) is 5.75 Å². The molecule has 2 aromatic rings. The van der Waals surface area contributed by atoms with Gasteiger partial charge in [-0.15, -0.1) is 5.10 Å². The van der Waals surface area contributed by atoms with Crippen LogP contribution >= 0.6 is 35.0 Å². The number of rotatable bonds is 5. The summed E-state index contributed by atoms with van der Waals surface area (Å²) in [6, 6.07) is 8.98. The number of carbonyl (C=O) groups is 1. The number of thioether (sulfide) groups is 1. The molecule has 0 bridgehead atoms. The van der Waals surface area contributed by atoms with E-state index >= 15 is 0 Å². The monoisotopic (exact) mass is 411 g/mol. The van der Waals surface area contributed by atoms with Gasteiger partial charge >= 0.3 is 0 Å². The first-order chi connectivity index (χ1) is 12.5. The first-order valence-electron chi connectivity index (χ1n) is 7.41.